The van der Waals surface area contributed by atoms with Gasteiger partial charge in [-0.1, -0.05) is 18.2 Å². The molecule has 0 aliphatic heterocycles. The van der Waals surface area contributed by atoms with Gasteiger partial charge in [-0.3, -0.25) is 14.3 Å². The average molecular weight is 302 g/mol. The van der Waals surface area contributed by atoms with Crippen LogP contribution in [0.5, 0.6) is 5.75 Å². The van der Waals surface area contributed by atoms with Crippen LogP contribution in [0.3, 0.4) is 0 Å². The number of rotatable bonds is 5. The molecule has 0 fully saturated rings. The predicted molar refractivity (Wildman–Crippen MR) is 80.9 cm³/mol. The highest BCUT2D eigenvalue weighted by Gasteiger charge is 2.22. The number of hydrogen-bond donors (Lipinski definition) is 2. The fraction of sp³-hybridized carbons (Fsp3) is 0.267. The van der Waals surface area contributed by atoms with Crippen LogP contribution in [-0.4, -0.2) is 35.8 Å². The summed E-state index contributed by atoms with van der Waals surface area (Å²) in [6.07, 6.45) is 0. The number of primary amides is 1. The number of aromatic nitrogens is 2. The molecule has 0 radical (unpaired) electrons. The number of methoxy groups -OCH3 is 1. The first-order valence-electron chi connectivity index (χ1n) is 6.74. The molecule has 0 saturated carbocycles. The highest BCUT2D eigenvalue weighted by Crippen LogP contribution is 2.28. The molecule has 0 bridgehead atoms. The van der Waals surface area contributed by atoms with Crippen LogP contribution in [0.25, 0.3) is 0 Å². The first kappa shape index (κ1) is 15.6. The van der Waals surface area contributed by atoms with Crippen LogP contribution in [0, 0.1) is 0 Å². The smallest absolute Gasteiger partial charge is 0.271 e. The monoisotopic (exact) mass is 302 g/mol. The number of carbonyl (C=O) groups excluding carboxylic acids is 2. The molecule has 0 aliphatic carbocycles. The fourth-order valence-electron chi connectivity index (χ4n) is 2.26. The van der Waals surface area contributed by atoms with Crippen molar-refractivity contribution in [3.05, 3.63) is 47.3 Å². The van der Waals surface area contributed by atoms with E-state index in [0.29, 0.717) is 5.75 Å². The van der Waals surface area contributed by atoms with Crippen LogP contribution in [0.2, 0.25) is 0 Å². The molecule has 1 heterocycles. The fourth-order valence-corrected chi connectivity index (χ4v) is 2.26. The second kappa shape index (κ2) is 6.30. The van der Waals surface area contributed by atoms with Gasteiger partial charge in [0.1, 0.15) is 11.4 Å². The molecule has 7 heteroatoms. The predicted octanol–water partition coefficient (Wildman–Crippen LogP) is 0.959. The highest BCUT2D eigenvalue weighted by molar-refractivity contribution is 5.97. The van der Waals surface area contributed by atoms with Gasteiger partial charge in [-0.25, -0.2) is 0 Å². The van der Waals surface area contributed by atoms with E-state index < -0.39 is 5.91 Å². The number of amides is 2. The molecule has 1 aromatic heterocycles. The standard InChI is InChI=1S/C15H18N4O3/c1-9(10-6-4-5-7-13(10)22-3)19-12(14(16)20)8-11(18-19)15(21)17-2/h4-9H,1-3H3,(H2,16,20)(H,17,21)/t9-/m0/s1. The SMILES string of the molecule is CNC(=O)c1cc(C(N)=O)n([C@@H](C)c2ccccc2OC)n1. The highest BCUT2D eigenvalue weighted by atomic mass is 16.5. The third-order valence-corrected chi connectivity index (χ3v) is 3.40. The number of carbonyl (C=O) groups is 2. The van der Waals surface area contributed by atoms with E-state index in [2.05, 4.69) is 10.4 Å². The molecule has 2 rings (SSSR count). The van der Waals surface area contributed by atoms with Gasteiger partial charge in [0.2, 0.25) is 0 Å². The largest absolute Gasteiger partial charge is 0.496 e. The number of para-hydroxylation sites is 1. The summed E-state index contributed by atoms with van der Waals surface area (Å²) in [5, 5.41) is 6.67. The summed E-state index contributed by atoms with van der Waals surface area (Å²) in [5.41, 5.74) is 6.53. The molecule has 0 unspecified atom stereocenters. The minimum absolute atomic E-state index is 0.137. The number of nitrogens with one attached hydrogen (secondary N) is 1. The molecule has 2 amide bonds. The van der Waals surface area contributed by atoms with E-state index >= 15 is 0 Å². The van der Waals surface area contributed by atoms with Gasteiger partial charge in [0.15, 0.2) is 5.69 Å². The van der Waals surface area contributed by atoms with Crippen LogP contribution in [0.1, 0.15) is 39.5 Å². The summed E-state index contributed by atoms with van der Waals surface area (Å²) in [6.45, 7) is 1.85. The van der Waals surface area contributed by atoms with E-state index in [1.807, 2.05) is 31.2 Å². The van der Waals surface area contributed by atoms with E-state index in [4.69, 9.17) is 10.5 Å². The molecule has 1 aromatic carbocycles. The van der Waals surface area contributed by atoms with Crippen molar-refractivity contribution in [3.63, 3.8) is 0 Å². The lowest BCUT2D eigenvalue weighted by atomic mass is 10.1. The molecule has 3 N–H and O–H groups in total. The molecule has 22 heavy (non-hydrogen) atoms. The maximum absolute atomic E-state index is 11.7. The molecule has 0 aliphatic rings. The van der Waals surface area contributed by atoms with E-state index in [1.54, 1.807) is 7.11 Å². The van der Waals surface area contributed by atoms with Crippen LogP contribution < -0.4 is 15.8 Å². The minimum Gasteiger partial charge on any atom is -0.496 e. The van der Waals surface area contributed by atoms with Gasteiger partial charge < -0.3 is 15.8 Å². The van der Waals surface area contributed by atoms with Crippen molar-refractivity contribution in [2.24, 2.45) is 5.73 Å². The Kier molecular flexibility index (Phi) is 4.45. The van der Waals surface area contributed by atoms with Crippen molar-refractivity contribution < 1.29 is 14.3 Å². The summed E-state index contributed by atoms with van der Waals surface area (Å²) in [5.74, 6) is -0.361. The zero-order valence-electron chi connectivity index (χ0n) is 12.7. The van der Waals surface area contributed by atoms with E-state index in [1.165, 1.54) is 17.8 Å². The summed E-state index contributed by atoms with van der Waals surface area (Å²) < 4.78 is 6.76. The topological polar surface area (TPSA) is 99.2 Å². The van der Waals surface area contributed by atoms with Gasteiger partial charge in [0.25, 0.3) is 11.8 Å². The van der Waals surface area contributed by atoms with Crippen LogP contribution in [-0.2, 0) is 0 Å². The van der Waals surface area contributed by atoms with Crippen LogP contribution in [0.15, 0.2) is 30.3 Å². The van der Waals surface area contributed by atoms with Gasteiger partial charge in [-0.15, -0.1) is 0 Å². The number of nitrogens with two attached hydrogens (primary N) is 1. The summed E-state index contributed by atoms with van der Waals surface area (Å²) in [4.78, 5) is 23.4. The Bertz CT molecular complexity index is 709. The lowest BCUT2D eigenvalue weighted by Gasteiger charge is -2.17. The van der Waals surface area contributed by atoms with E-state index in [-0.39, 0.29) is 23.3 Å². The molecule has 116 valence electrons. The lowest BCUT2D eigenvalue weighted by molar-refractivity contribution is 0.0955. The Labute approximate surface area is 128 Å². The van der Waals surface area contributed by atoms with Crippen molar-refractivity contribution in [2.45, 2.75) is 13.0 Å². The Morgan fingerprint density at radius 2 is 2.05 bits per heavy atom. The third kappa shape index (κ3) is 2.78. The molecule has 2 aromatic rings. The zero-order chi connectivity index (χ0) is 16.3. The number of hydrogen-bond acceptors (Lipinski definition) is 4. The van der Waals surface area contributed by atoms with Gasteiger partial charge in [-0.2, -0.15) is 5.10 Å². The molecule has 0 spiro atoms. The van der Waals surface area contributed by atoms with Crippen molar-refractivity contribution in [3.8, 4) is 5.75 Å². The van der Waals surface area contributed by atoms with Crippen LogP contribution in [0.4, 0.5) is 0 Å². The van der Waals surface area contributed by atoms with Crippen LogP contribution >= 0.6 is 0 Å². The number of benzene rings is 1. The van der Waals surface area contributed by atoms with Gasteiger partial charge >= 0.3 is 0 Å². The normalized spacial score (nSPS) is 11.8. The molecule has 0 saturated heterocycles. The Morgan fingerprint density at radius 1 is 1.36 bits per heavy atom. The van der Waals surface area contributed by atoms with Gasteiger partial charge in [0, 0.05) is 18.7 Å². The zero-order valence-corrected chi connectivity index (χ0v) is 12.7. The molecular formula is C15H18N4O3. The molecule has 7 nitrogen and oxygen atoms in total. The van der Waals surface area contributed by atoms with Gasteiger partial charge in [0.05, 0.1) is 13.2 Å². The maximum Gasteiger partial charge on any atom is 0.271 e. The van der Waals surface area contributed by atoms with Crippen molar-refractivity contribution in [1.29, 1.82) is 0 Å². The molecule has 1 atom stereocenters. The Morgan fingerprint density at radius 3 is 2.64 bits per heavy atom. The number of ether oxygens (including phenoxy) is 1. The third-order valence-electron chi connectivity index (χ3n) is 3.40. The first-order chi connectivity index (χ1) is 10.5. The first-order valence-corrected chi connectivity index (χ1v) is 6.74. The average Bonchev–Trinajstić information content (AvgIpc) is 2.98. The summed E-state index contributed by atoms with van der Waals surface area (Å²) in [6, 6.07) is 8.46. The van der Waals surface area contributed by atoms with Crippen molar-refractivity contribution in [1.82, 2.24) is 15.1 Å². The summed E-state index contributed by atoms with van der Waals surface area (Å²) >= 11 is 0. The second-order valence-electron chi connectivity index (χ2n) is 4.72. The minimum atomic E-state index is -0.649. The Hall–Kier alpha value is -2.83. The molecular weight excluding hydrogens is 284 g/mol. The van der Waals surface area contributed by atoms with Crippen molar-refractivity contribution >= 4 is 11.8 Å². The summed E-state index contributed by atoms with van der Waals surface area (Å²) in [7, 11) is 3.06. The van der Waals surface area contributed by atoms with E-state index in [0.717, 1.165) is 5.56 Å². The Balaban J connectivity index is 2.52. The number of nitrogens with zero attached hydrogens (tertiary/aromatic N) is 2. The van der Waals surface area contributed by atoms with Crippen molar-refractivity contribution in [2.75, 3.05) is 14.2 Å². The second-order valence-corrected chi connectivity index (χ2v) is 4.72. The van der Waals surface area contributed by atoms with Gasteiger partial charge in [-0.05, 0) is 13.0 Å². The maximum atomic E-state index is 11.7. The van der Waals surface area contributed by atoms with E-state index in [9.17, 15) is 9.59 Å². The quantitative estimate of drug-likeness (QED) is 0.859. The lowest BCUT2D eigenvalue weighted by Crippen LogP contribution is -2.21.